The predicted molar refractivity (Wildman–Crippen MR) is 82.7 cm³/mol. The van der Waals surface area contributed by atoms with Gasteiger partial charge in [0.2, 0.25) is 0 Å². The Kier molecular flexibility index (Phi) is 5.48. The molecular formula is C14H24N4O3. The third-order valence-electron chi connectivity index (χ3n) is 3.86. The van der Waals surface area contributed by atoms with Crippen LogP contribution in [0.4, 0.5) is 5.82 Å². The average molecular weight is 296 g/mol. The molecule has 118 valence electrons. The number of anilines is 1. The summed E-state index contributed by atoms with van der Waals surface area (Å²) in [5.41, 5.74) is 4.50. The summed E-state index contributed by atoms with van der Waals surface area (Å²) in [6.07, 6.45) is 1.99. The standard InChI is InChI=1S/C14H24N4O3/c1-6-7-8-16(3)9(2)11(19)10-12(15)17(4)14(21)18(5)13(10)20/h9H,6-8,15H2,1-5H3. The van der Waals surface area contributed by atoms with Crippen molar-refractivity contribution in [2.45, 2.75) is 32.7 Å². The molecule has 0 radical (unpaired) electrons. The molecule has 0 aromatic carbocycles. The first-order valence-electron chi connectivity index (χ1n) is 7.03. The van der Waals surface area contributed by atoms with E-state index in [9.17, 15) is 14.4 Å². The Bertz CT molecular complexity index is 645. The van der Waals surface area contributed by atoms with Crippen molar-refractivity contribution in [3.05, 3.63) is 26.4 Å². The van der Waals surface area contributed by atoms with Crippen molar-refractivity contribution in [2.24, 2.45) is 14.1 Å². The van der Waals surface area contributed by atoms with Gasteiger partial charge < -0.3 is 5.73 Å². The highest BCUT2D eigenvalue weighted by Gasteiger charge is 2.26. The van der Waals surface area contributed by atoms with Gasteiger partial charge >= 0.3 is 5.69 Å². The van der Waals surface area contributed by atoms with Crippen LogP contribution in [0.25, 0.3) is 0 Å². The third kappa shape index (κ3) is 3.24. The second kappa shape index (κ2) is 6.71. The van der Waals surface area contributed by atoms with Gasteiger partial charge in [-0.05, 0) is 26.9 Å². The lowest BCUT2D eigenvalue weighted by Crippen LogP contribution is -2.45. The Morgan fingerprint density at radius 1 is 1.29 bits per heavy atom. The number of likely N-dealkylation sites (N-methyl/N-ethyl adjacent to an activating group) is 1. The van der Waals surface area contributed by atoms with Crippen LogP contribution >= 0.6 is 0 Å². The third-order valence-corrected chi connectivity index (χ3v) is 3.86. The number of nitrogens with zero attached hydrogens (tertiary/aromatic N) is 3. The Morgan fingerprint density at radius 3 is 2.38 bits per heavy atom. The van der Waals surface area contributed by atoms with Crippen LogP contribution in [0.5, 0.6) is 0 Å². The summed E-state index contributed by atoms with van der Waals surface area (Å²) >= 11 is 0. The molecule has 7 nitrogen and oxygen atoms in total. The van der Waals surface area contributed by atoms with E-state index in [0.717, 1.165) is 28.5 Å². The molecule has 1 aromatic rings. The summed E-state index contributed by atoms with van der Waals surface area (Å²) in [7, 11) is 4.62. The number of hydrogen-bond donors (Lipinski definition) is 1. The van der Waals surface area contributed by atoms with Crippen molar-refractivity contribution in [1.29, 1.82) is 0 Å². The molecule has 7 heteroatoms. The SMILES string of the molecule is CCCCN(C)C(C)C(=O)c1c(N)n(C)c(=O)n(C)c1=O. The minimum absolute atomic E-state index is 0.0798. The zero-order chi connectivity index (χ0) is 16.3. The molecule has 0 fully saturated rings. The fourth-order valence-electron chi connectivity index (χ4n) is 2.10. The molecule has 0 bridgehead atoms. The summed E-state index contributed by atoms with van der Waals surface area (Å²) in [6, 6.07) is -0.468. The monoisotopic (exact) mass is 296 g/mol. The van der Waals surface area contributed by atoms with Crippen molar-refractivity contribution in [3.8, 4) is 0 Å². The highest BCUT2D eigenvalue weighted by Crippen LogP contribution is 2.10. The van der Waals surface area contributed by atoms with Gasteiger partial charge in [-0.25, -0.2) is 4.79 Å². The number of unbranched alkanes of at least 4 members (excludes halogenated alkanes) is 1. The largest absolute Gasteiger partial charge is 0.384 e. The predicted octanol–water partition coefficient (Wildman–Crippen LogP) is -0.0307. The van der Waals surface area contributed by atoms with Gasteiger partial charge in [0.05, 0.1) is 6.04 Å². The van der Waals surface area contributed by atoms with Gasteiger partial charge in [-0.15, -0.1) is 0 Å². The Balaban J connectivity index is 3.26. The molecular weight excluding hydrogens is 272 g/mol. The number of carbonyl (C=O) groups excluding carboxylic acids is 1. The number of aromatic nitrogens is 2. The minimum Gasteiger partial charge on any atom is -0.384 e. The zero-order valence-corrected chi connectivity index (χ0v) is 13.3. The lowest BCUT2D eigenvalue weighted by Gasteiger charge is -2.24. The van der Waals surface area contributed by atoms with Gasteiger partial charge in [0.15, 0.2) is 5.78 Å². The van der Waals surface area contributed by atoms with Gasteiger partial charge in [-0.2, -0.15) is 0 Å². The van der Waals surface area contributed by atoms with E-state index >= 15 is 0 Å². The summed E-state index contributed by atoms with van der Waals surface area (Å²) in [6.45, 7) is 4.57. The molecule has 21 heavy (non-hydrogen) atoms. The van der Waals surface area contributed by atoms with Crippen molar-refractivity contribution < 1.29 is 4.79 Å². The summed E-state index contributed by atoms with van der Waals surface area (Å²) < 4.78 is 2.02. The molecule has 1 atom stereocenters. The highest BCUT2D eigenvalue weighted by atomic mass is 16.2. The van der Waals surface area contributed by atoms with Gasteiger partial charge in [-0.1, -0.05) is 13.3 Å². The zero-order valence-electron chi connectivity index (χ0n) is 13.3. The van der Waals surface area contributed by atoms with Crippen LogP contribution in [-0.4, -0.2) is 39.5 Å². The number of hydrogen-bond acceptors (Lipinski definition) is 5. The number of ketones is 1. The number of Topliss-reactive ketones (excluding diaryl/α,β-unsaturated/α-hetero) is 1. The average Bonchev–Trinajstić information content (AvgIpc) is 2.47. The highest BCUT2D eigenvalue weighted by molar-refractivity contribution is 6.03. The summed E-state index contributed by atoms with van der Waals surface area (Å²) in [5, 5.41) is 0. The number of nitrogen functional groups attached to an aromatic ring is 1. The Morgan fingerprint density at radius 2 is 1.86 bits per heavy atom. The minimum atomic E-state index is -0.642. The van der Waals surface area contributed by atoms with E-state index in [1.165, 1.54) is 14.1 Å². The van der Waals surface area contributed by atoms with Crippen LogP contribution < -0.4 is 17.0 Å². The van der Waals surface area contributed by atoms with Gasteiger partial charge in [0, 0.05) is 14.1 Å². The number of carbonyl (C=O) groups is 1. The fraction of sp³-hybridized carbons (Fsp3) is 0.643. The Labute approximate surface area is 124 Å². The van der Waals surface area contributed by atoms with Crippen molar-refractivity contribution in [1.82, 2.24) is 14.0 Å². The maximum Gasteiger partial charge on any atom is 0.332 e. The molecule has 1 unspecified atom stereocenters. The molecule has 1 heterocycles. The van der Waals surface area contributed by atoms with E-state index in [4.69, 9.17) is 5.73 Å². The lowest BCUT2D eigenvalue weighted by atomic mass is 10.1. The summed E-state index contributed by atoms with van der Waals surface area (Å²) in [5.74, 6) is -0.439. The lowest BCUT2D eigenvalue weighted by molar-refractivity contribution is 0.0865. The molecule has 2 N–H and O–H groups in total. The topological polar surface area (TPSA) is 90.3 Å². The first-order chi connectivity index (χ1) is 9.73. The molecule has 0 aliphatic carbocycles. The van der Waals surface area contributed by atoms with Crippen LogP contribution in [0.15, 0.2) is 9.59 Å². The molecule has 0 aliphatic heterocycles. The van der Waals surface area contributed by atoms with Crippen LogP contribution in [0, 0.1) is 0 Å². The van der Waals surface area contributed by atoms with E-state index in [1.54, 1.807) is 6.92 Å². The van der Waals surface area contributed by atoms with E-state index < -0.39 is 17.3 Å². The smallest absolute Gasteiger partial charge is 0.332 e. The first-order valence-corrected chi connectivity index (χ1v) is 7.03. The summed E-state index contributed by atoms with van der Waals surface area (Å²) in [4.78, 5) is 38.4. The maximum atomic E-state index is 12.6. The van der Waals surface area contributed by atoms with Crippen LogP contribution in [0.3, 0.4) is 0 Å². The molecule has 0 saturated heterocycles. The molecule has 1 rings (SSSR count). The molecule has 1 aromatic heterocycles. The van der Waals surface area contributed by atoms with Crippen molar-refractivity contribution in [2.75, 3.05) is 19.3 Å². The molecule has 0 amide bonds. The molecule has 0 saturated carbocycles. The first kappa shape index (κ1) is 17.2. The fourth-order valence-corrected chi connectivity index (χ4v) is 2.10. The maximum absolute atomic E-state index is 12.6. The number of rotatable bonds is 6. The Hall–Kier alpha value is -1.89. The van der Waals surface area contributed by atoms with Crippen LogP contribution in [0.2, 0.25) is 0 Å². The van der Waals surface area contributed by atoms with E-state index in [2.05, 4.69) is 6.92 Å². The second-order valence-corrected chi connectivity index (χ2v) is 5.34. The van der Waals surface area contributed by atoms with Crippen LogP contribution in [-0.2, 0) is 14.1 Å². The van der Waals surface area contributed by atoms with E-state index in [-0.39, 0.29) is 17.2 Å². The van der Waals surface area contributed by atoms with Gasteiger partial charge in [-0.3, -0.25) is 23.6 Å². The van der Waals surface area contributed by atoms with Crippen molar-refractivity contribution in [3.63, 3.8) is 0 Å². The van der Waals surface area contributed by atoms with E-state index in [1.807, 2.05) is 11.9 Å². The molecule has 0 aliphatic rings. The normalized spacial score (nSPS) is 12.7. The second-order valence-electron chi connectivity index (χ2n) is 5.34. The quantitative estimate of drug-likeness (QED) is 0.744. The van der Waals surface area contributed by atoms with Gasteiger partial charge in [0.25, 0.3) is 5.56 Å². The molecule has 0 spiro atoms. The van der Waals surface area contributed by atoms with Gasteiger partial charge in [0.1, 0.15) is 11.4 Å². The van der Waals surface area contributed by atoms with E-state index in [0.29, 0.717) is 0 Å². The number of nitrogens with two attached hydrogens (primary N) is 1. The van der Waals surface area contributed by atoms with Crippen molar-refractivity contribution >= 4 is 11.6 Å². The van der Waals surface area contributed by atoms with Crippen LogP contribution in [0.1, 0.15) is 37.0 Å².